The Morgan fingerprint density at radius 2 is 2.35 bits per heavy atom. The molecule has 1 aliphatic rings. The number of nitrogens with zero attached hydrogens (tertiary/aromatic N) is 2. The molecule has 0 saturated heterocycles. The number of pyridine rings is 1. The highest BCUT2D eigenvalue weighted by Crippen LogP contribution is 2.28. The van der Waals surface area contributed by atoms with Crippen molar-refractivity contribution in [2.75, 3.05) is 6.26 Å². The predicted octanol–water partition coefficient (Wildman–Crippen LogP) is 3.58. The first-order chi connectivity index (χ1) is 9.85. The molecule has 2 atom stereocenters. The van der Waals surface area contributed by atoms with Gasteiger partial charge in [-0.15, -0.1) is 11.3 Å². The lowest BCUT2D eigenvalue weighted by atomic mass is 10.2. The molecule has 0 bridgehead atoms. The van der Waals surface area contributed by atoms with Crippen LogP contribution in [0.15, 0.2) is 29.8 Å². The van der Waals surface area contributed by atoms with Crippen molar-refractivity contribution in [3.8, 4) is 10.7 Å². The summed E-state index contributed by atoms with van der Waals surface area (Å²) in [5.41, 5.74) is 2.09. The van der Waals surface area contributed by atoms with Crippen LogP contribution in [0.2, 0.25) is 0 Å². The highest BCUT2D eigenvalue weighted by atomic mass is 32.2. The van der Waals surface area contributed by atoms with Crippen molar-refractivity contribution >= 4 is 23.1 Å². The first kappa shape index (κ1) is 14.0. The zero-order chi connectivity index (χ0) is 13.8. The minimum Gasteiger partial charge on any atom is -0.308 e. The third-order valence-corrected chi connectivity index (χ3v) is 5.73. The van der Waals surface area contributed by atoms with Crippen molar-refractivity contribution < 1.29 is 0 Å². The second-order valence-electron chi connectivity index (χ2n) is 5.11. The molecule has 3 rings (SSSR count). The van der Waals surface area contributed by atoms with Gasteiger partial charge in [-0.05, 0) is 37.7 Å². The largest absolute Gasteiger partial charge is 0.308 e. The number of nitrogens with one attached hydrogen (secondary N) is 1. The fourth-order valence-corrected chi connectivity index (χ4v) is 4.18. The molecule has 5 heteroatoms. The van der Waals surface area contributed by atoms with Crippen LogP contribution in [0.5, 0.6) is 0 Å². The minimum atomic E-state index is 0.660. The molecular weight excluding hydrogens is 286 g/mol. The second kappa shape index (κ2) is 6.70. The Kier molecular flexibility index (Phi) is 4.70. The Morgan fingerprint density at radius 1 is 1.40 bits per heavy atom. The van der Waals surface area contributed by atoms with Crippen LogP contribution in [0.1, 0.15) is 25.0 Å². The number of hydrogen-bond acceptors (Lipinski definition) is 5. The lowest BCUT2D eigenvalue weighted by molar-refractivity contribution is 0.521. The maximum atomic E-state index is 4.67. The van der Waals surface area contributed by atoms with Crippen molar-refractivity contribution in [2.45, 2.75) is 37.1 Å². The molecule has 1 N–H and O–H groups in total. The molecule has 2 aromatic heterocycles. The average Bonchev–Trinajstić information content (AvgIpc) is 3.15. The van der Waals surface area contributed by atoms with E-state index < -0.39 is 0 Å². The molecule has 1 saturated carbocycles. The van der Waals surface area contributed by atoms with Crippen LogP contribution in [-0.2, 0) is 6.54 Å². The van der Waals surface area contributed by atoms with Crippen molar-refractivity contribution in [3.63, 3.8) is 0 Å². The third kappa shape index (κ3) is 3.40. The first-order valence-corrected chi connectivity index (χ1v) is 9.14. The Balaban J connectivity index is 1.56. The van der Waals surface area contributed by atoms with Crippen LogP contribution in [0, 0.1) is 0 Å². The van der Waals surface area contributed by atoms with Gasteiger partial charge in [0, 0.05) is 29.4 Å². The lowest BCUT2D eigenvalue weighted by Gasteiger charge is -2.11. The molecule has 2 unspecified atom stereocenters. The molecule has 20 heavy (non-hydrogen) atoms. The van der Waals surface area contributed by atoms with Gasteiger partial charge in [-0.2, -0.15) is 11.8 Å². The Hall–Kier alpha value is -0.910. The molecular formula is C15H19N3S2. The van der Waals surface area contributed by atoms with E-state index in [1.165, 1.54) is 19.3 Å². The summed E-state index contributed by atoms with van der Waals surface area (Å²) < 4.78 is 0. The molecule has 1 aliphatic carbocycles. The number of rotatable bonds is 5. The zero-order valence-electron chi connectivity index (χ0n) is 11.6. The monoisotopic (exact) mass is 305 g/mol. The SMILES string of the molecule is CSC1CCC(NCc2csc(-c3ccccn3)n2)C1. The highest BCUT2D eigenvalue weighted by Gasteiger charge is 2.23. The van der Waals surface area contributed by atoms with Crippen LogP contribution in [0.4, 0.5) is 0 Å². The van der Waals surface area contributed by atoms with Crippen LogP contribution >= 0.6 is 23.1 Å². The summed E-state index contributed by atoms with van der Waals surface area (Å²) in [5.74, 6) is 0. The van der Waals surface area contributed by atoms with Crippen molar-refractivity contribution in [2.24, 2.45) is 0 Å². The van der Waals surface area contributed by atoms with E-state index in [-0.39, 0.29) is 0 Å². The summed E-state index contributed by atoms with van der Waals surface area (Å²) in [6.07, 6.45) is 7.96. The Bertz CT molecular complexity index is 541. The summed E-state index contributed by atoms with van der Waals surface area (Å²) in [5, 5.41) is 7.62. The smallest absolute Gasteiger partial charge is 0.142 e. The van der Waals surface area contributed by atoms with Crippen LogP contribution in [-0.4, -0.2) is 27.5 Å². The topological polar surface area (TPSA) is 37.8 Å². The molecule has 0 radical (unpaired) electrons. The van der Waals surface area contributed by atoms with Gasteiger partial charge < -0.3 is 5.32 Å². The molecule has 1 fully saturated rings. The molecule has 3 nitrogen and oxygen atoms in total. The summed E-state index contributed by atoms with van der Waals surface area (Å²) in [7, 11) is 0. The summed E-state index contributed by atoms with van der Waals surface area (Å²) in [6.45, 7) is 0.870. The normalized spacial score (nSPS) is 22.2. The third-order valence-electron chi connectivity index (χ3n) is 3.73. The van der Waals surface area contributed by atoms with Gasteiger partial charge in [-0.25, -0.2) is 4.98 Å². The summed E-state index contributed by atoms with van der Waals surface area (Å²) in [4.78, 5) is 9.01. The van der Waals surface area contributed by atoms with Crippen LogP contribution in [0.25, 0.3) is 10.7 Å². The molecule has 0 spiro atoms. The van der Waals surface area contributed by atoms with E-state index in [2.05, 4.69) is 26.9 Å². The quantitative estimate of drug-likeness (QED) is 0.916. The van der Waals surface area contributed by atoms with E-state index >= 15 is 0 Å². The second-order valence-corrected chi connectivity index (χ2v) is 7.10. The molecule has 0 aromatic carbocycles. The van der Waals surface area contributed by atoms with Gasteiger partial charge in [0.15, 0.2) is 0 Å². The fraction of sp³-hybridized carbons (Fsp3) is 0.467. The average molecular weight is 305 g/mol. The molecule has 2 aromatic rings. The molecule has 0 aliphatic heterocycles. The van der Waals surface area contributed by atoms with Gasteiger partial charge in [0.25, 0.3) is 0 Å². The van der Waals surface area contributed by atoms with Crippen LogP contribution in [0.3, 0.4) is 0 Å². The number of thiazole rings is 1. The number of hydrogen-bond donors (Lipinski definition) is 1. The van der Waals surface area contributed by atoms with E-state index in [9.17, 15) is 0 Å². The van der Waals surface area contributed by atoms with E-state index in [1.54, 1.807) is 11.3 Å². The maximum Gasteiger partial charge on any atom is 0.142 e. The number of aromatic nitrogens is 2. The molecule has 106 valence electrons. The zero-order valence-corrected chi connectivity index (χ0v) is 13.2. The van der Waals surface area contributed by atoms with E-state index in [0.29, 0.717) is 6.04 Å². The Morgan fingerprint density at radius 3 is 3.10 bits per heavy atom. The standard InChI is InChI=1S/C15H19N3S2/c1-19-13-6-5-11(8-13)17-9-12-10-20-15(18-12)14-4-2-3-7-16-14/h2-4,7,10-11,13,17H,5-6,8-9H2,1H3. The van der Waals surface area contributed by atoms with Gasteiger partial charge in [0.1, 0.15) is 5.01 Å². The van der Waals surface area contributed by atoms with E-state index in [4.69, 9.17) is 0 Å². The summed E-state index contributed by atoms with van der Waals surface area (Å²) in [6, 6.07) is 6.60. The number of thioether (sulfide) groups is 1. The van der Waals surface area contributed by atoms with Crippen molar-refractivity contribution in [3.05, 3.63) is 35.5 Å². The maximum absolute atomic E-state index is 4.67. The Labute approximate surface area is 128 Å². The van der Waals surface area contributed by atoms with Gasteiger partial charge in [0.2, 0.25) is 0 Å². The van der Waals surface area contributed by atoms with E-state index in [0.717, 1.165) is 28.2 Å². The van der Waals surface area contributed by atoms with Crippen molar-refractivity contribution in [1.82, 2.24) is 15.3 Å². The predicted molar refractivity (Wildman–Crippen MR) is 87.1 cm³/mol. The minimum absolute atomic E-state index is 0.660. The molecule has 0 amide bonds. The van der Waals surface area contributed by atoms with Gasteiger partial charge >= 0.3 is 0 Å². The first-order valence-electron chi connectivity index (χ1n) is 6.97. The fourth-order valence-electron chi connectivity index (χ4n) is 2.58. The summed E-state index contributed by atoms with van der Waals surface area (Å²) >= 11 is 3.67. The van der Waals surface area contributed by atoms with Gasteiger partial charge in [0.05, 0.1) is 11.4 Å². The van der Waals surface area contributed by atoms with E-state index in [1.807, 2.05) is 36.2 Å². The molecule has 2 heterocycles. The van der Waals surface area contributed by atoms with Crippen molar-refractivity contribution in [1.29, 1.82) is 0 Å². The van der Waals surface area contributed by atoms with Gasteiger partial charge in [-0.3, -0.25) is 4.98 Å². The van der Waals surface area contributed by atoms with Gasteiger partial charge in [-0.1, -0.05) is 6.07 Å². The highest BCUT2D eigenvalue weighted by molar-refractivity contribution is 7.99. The lowest BCUT2D eigenvalue weighted by Crippen LogP contribution is -2.26. The van der Waals surface area contributed by atoms with Crippen LogP contribution < -0.4 is 5.32 Å².